The third kappa shape index (κ3) is 9.68. The van der Waals surface area contributed by atoms with Gasteiger partial charge in [0.2, 0.25) is 11.8 Å². The quantitative estimate of drug-likeness (QED) is 0.325. The number of anilines is 2. The second kappa shape index (κ2) is 17.0. The summed E-state index contributed by atoms with van der Waals surface area (Å²) >= 11 is 11.7. The SMILES string of the molecule is C/C=C/c1ccc(N(C)c2nccc(OC)n2)cc1.CC.COC(=O)C(C)NC(=O)c1c(Cl)cccc1Cl. The lowest BCUT2D eigenvalue weighted by Crippen LogP contribution is -2.39. The number of aromatic nitrogens is 2. The molecular weight excluding hydrogens is 527 g/mol. The van der Waals surface area contributed by atoms with Gasteiger partial charge in [-0.05, 0) is 43.7 Å². The van der Waals surface area contributed by atoms with E-state index in [-0.39, 0.29) is 15.6 Å². The average molecular weight is 562 g/mol. The number of esters is 1. The van der Waals surface area contributed by atoms with E-state index in [1.165, 1.54) is 19.6 Å². The molecule has 0 aliphatic carbocycles. The Morgan fingerprint density at radius 2 is 1.63 bits per heavy atom. The van der Waals surface area contributed by atoms with E-state index in [9.17, 15) is 9.59 Å². The van der Waals surface area contributed by atoms with Gasteiger partial charge in [0.05, 0.1) is 29.8 Å². The largest absolute Gasteiger partial charge is 0.481 e. The zero-order chi connectivity index (χ0) is 28.7. The van der Waals surface area contributed by atoms with Crippen LogP contribution in [0.1, 0.15) is 43.6 Å². The number of allylic oxidation sites excluding steroid dienone is 1. The van der Waals surface area contributed by atoms with Gasteiger partial charge >= 0.3 is 5.97 Å². The molecule has 0 bridgehead atoms. The standard InChI is InChI=1S/C15H17N3O.C11H11Cl2NO3.C2H6/c1-4-5-12-6-8-13(9-7-12)18(2)15-16-11-10-14(17-15)19-3;1-6(11(16)17-2)14-10(15)9-7(12)4-3-5-8(9)13;1-2/h4-11H,1-3H3;3-6H,1-2H3,(H,14,15);1-2H3/b5-4+;;. The molecule has 1 unspecified atom stereocenters. The van der Waals surface area contributed by atoms with E-state index in [0.29, 0.717) is 11.8 Å². The second-order valence-electron chi connectivity index (χ2n) is 7.36. The van der Waals surface area contributed by atoms with Crippen LogP contribution in [0.15, 0.2) is 60.8 Å². The molecule has 0 radical (unpaired) electrons. The summed E-state index contributed by atoms with van der Waals surface area (Å²) < 4.78 is 9.59. The molecule has 2 aromatic carbocycles. The average Bonchev–Trinajstić information content (AvgIpc) is 2.94. The van der Waals surface area contributed by atoms with Gasteiger partial charge < -0.3 is 19.7 Å². The summed E-state index contributed by atoms with van der Waals surface area (Å²) in [6.45, 7) is 7.51. The van der Waals surface area contributed by atoms with Crippen LogP contribution in [0, 0.1) is 0 Å². The van der Waals surface area contributed by atoms with Crippen molar-refractivity contribution < 1.29 is 19.1 Å². The van der Waals surface area contributed by atoms with Gasteiger partial charge in [-0.3, -0.25) is 4.79 Å². The van der Waals surface area contributed by atoms with Crippen LogP contribution in [0.25, 0.3) is 6.08 Å². The van der Waals surface area contributed by atoms with Crippen LogP contribution >= 0.6 is 23.2 Å². The number of amides is 1. The van der Waals surface area contributed by atoms with Crippen LogP contribution < -0.4 is 15.0 Å². The first-order valence-corrected chi connectivity index (χ1v) is 12.6. The highest BCUT2D eigenvalue weighted by atomic mass is 35.5. The first kappa shape index (κ1) is 32.4. The van der Waals surface area contributed by atoms with E-state index in [2.05, 4.69) is 38.2 Å². The van der Waals surface area contributed by atoms with E-state index >= 15 is 0 Å². The maximum atomic E-state index is 11.8. The fourth-order valence-electron chi connectivity index (χ4n) is 2.94. The van der Waals surface area contributed by atoms with E-state index in [1.807, 2.05) is 50.9 Å². The summed E-state index contributed by atoms with van der Waals surface area (Å²) in [6, 6.07) is 13.9. The van der Waals surface area contributed by atoms with Gasteiger partial charge in [0, 0.05) is 25.0 Å². The molecule has 1 aromatic heterocycles. The number of methoxy groups -OCH3 is 2. The Labute approximate surface area is 234 Å². The van der Waals surface area contributed by atoms with Crippen molar-refractivity contribution in [3.8, 4) is 5.88 Å². The zero-order valence-electron chi connectivity index (χ0n) is 22.7. The smallest absolute Gasteiger partial charge is 0.328 e. The van der Waals surface area contributed by atoms with Crippen molar-refractivity contribution in [1.29, 1.82) is 0 Å². The molecule has 0 spiro atoms. The predicted molar refractivity (Wildman–Crippen MR) is 155 cm³/mol. The third-order valence-electron chi connectivity index (χ3n) is 4.86. The Morgan fingerprint density at radius 3 is 2.16 bits per heavy atom. The van der Waals surface area contributed by atoms with Crippen molar-refractivity contribution >= 4 is 52.8 Å². The minimum Gasteiger partial charge on any atom is -0.481 e. The molecule has 38 heavy (non-hydrogen) atoms. The van der Waals surface area contributed by atoms with E-state index in [0.717, 1.165) is 5.69 Å². The molecule has 1 N–H and O–H groups in total. The molecule has 0 aliphatic heterocycles. The molecule has 1 heterocycles. The molecule has 0 saturated carbocycles. The van der Waals surface area contributed by atoms with Gasteiger partial charge in [-0.25, -0.2) is 9.78 Å². The Morgan fingerprint density at radius 1 is 1.03 bits per heavy atom. The summed E-state index contributed by atoms with van der Waals surface area (Å²) in [5.74, 6) is 0.112. The third-order valence-corrected chi connectivity index (χ3v) is 5.49. The molecule has 0 fully saturated rings. The van der Waals surface area contributed by atoms with E-state index in [4.69, 9.17) is 27.9 Å². The molecule has 0 saturated heterocycles. The normalized spacial score (nSPS) is 10.8. The van der Waals surface area contributed by atoms with Gasteiger partial charge in [-0.2, -0.15) is 4.98 Å². The van der Waals surface area contributed by atoms with Gasteiger partial charge in [0.15, 0.2) is 0 Å². The van der Waals surface area contributed by atoms with Crippen molar-refractivity contribution in [2.45, 2.75) is 33.7 Å². The van der Waals surface area contributed by atoms with Gasteiger partial charge in [-0.15, -0.1) is 0 Å². The number of hydrogen-bond acceptors (Lipinski definition) is 7. The highest BCUT2D eigenvalue weighted by Gasteiger charge is 2.20. The van der Waals surface area contributed by atoms with Crippen LogP contribution in [0.5, 0.6) is 5.88 Å². The second-order valence-corrected chi connectivity index (χ2v) is 8.18. The Bertz CT molecular complexity index is 1180. The number of benzene rings is 2. The molecule has 1 atom stereocenters. The molecular formula is C28H34Cl2N4O4. The monoisotopic (exact) mass is 560 g/mol. The first-order chi connectivity index (χ1) is 18.2. The summed E-state index contributed by atoms with van der Waals surface area (Å²) in [5, 5.41) is 2.90. The number of halogens is 2. The number of hydrogen-bond donors (Lipinski definition) is 1. The lowest BCUT2D eigenvalue weighted by atomic mass is 10.2. The number of nitrogens with zero attached hydrogens (tertiary/aromatic N) is 3. The molecule has 8 nitrogen and oxygen atoms in total. The summed E-state index contributed by atoms with van der Waals surface area (Å²) in [4.78, 5) is 33.4. The fraction of sp³-hybridized carbons (Fsp3) is 0.286. The predicted octanol–water partition coefficient (Wildman–Crippen LogP) is 6.60. The summed E-state index contributed by atoms with van der Waals surface area (Å²) in [5.41, 5.74) is 2.35. The van der Waals surface area contributed by atoms with Crippen molar-refractivity contribution in [3.05, 3.63) is 82.0 Å². The lowest BCUT2D eigenvalue weighted by Gasteiger charge is -2.17. The Kier molecular flexibility index (Phi) is 14.5. The summed E-state index contributed by atoms with van der Waals surface area (Å²) in [7, 11) is 4.77. The van der Waals surface area contributed by atoms with Crippen LogP contribution in [-0.4, -0.2) is 49.2 Å². The summed E-state index contributed by atoms with van der Waals surface area (Å²) in [6.07, 6.45) is 5.77. The van der Waals surface area contributed by atoms with Crippen LogP contribution in [-0.2, 0) is 9.53 Å². The van der Waals surface area contributed by atoms with Gasteiger partial charge in [0.1, 0.15) is 6.04 Å². The number of rotatable bonds is 7. The van der Waals surface area contributed by atoms with Crippen molar-refractivity contribution in [3.63, 3.8) is 0 Å². The highest BCUT2D eigenvalue weighted by Crippen LogP contribution is 2.24. The molecule has 3 rings (SSSR count). The zero-order valence-corrected chi connectivity index (χ0v) is 24.2. The Balaban J connectivity index is 0.000000359. The van der Waals surface area contributed by atoms with Crippen molar-refractivity contribution in [2.75, 3.05) is 26.2 Å². The first-order valence-electron chi connectivity index (χ1n) is 11.9. The van der Waals surface area contributed by atoms with Crippen LogP contribution in [0.3, 0.4) is 0 Å². The maximum Gasteiger partial charge on any atom is 0.328 e. The number of carbonyl (C=O) groups excluding carboxylic acids is 2. The van der Waals surface area contributed by atoms with Crippen LogP contribution in [0.4, 0.5) is 11.6 Å². The topological polar surface area (TPSA) is 93.7 Å². The maximum absolute atomic E-state index is 11.8. The molecule has 0 aliphatic rings. The molecule has 204 valence electrons. The van der Waals surface area contributed by atoms with Gasteiger partial charge in [-0.1, -0.05) is 67.4 Å². The number of ether oxygens (including phenoxy) is 2. The number of nitrogens with one attached hydrogen (secondary N) is 1. The van der Waals surface area contributed by atoms with Gasteiger partial charge in [0.25, 0.3) is 5.91 Å². The molecule has 3 aromatic rings. The molecule has 1 amide bonds. The number of carbonyl (C=O) groups is 2. The Hall–Kier alpha value is -3.62. The molecule has 10 heteroatoms. The van der Waals surface area contributed by atoms with E-state index in [1.54, 1.807) is 37.6 Å². The van der Waals surface area contributed by atoms with E-state index < -0.39 is 17.9 Å². The fourth-order valence-corrected chi connectivity index (χ4v) is 3.51. The minimum atomic E-state index is -0.764. The highest BCUT2D eigenvalue weighted by molar-refractivity contribution is 6.39. The van der Waals surface area contributed by atoms with Crippen molar-refractivity contribution in [2.24, 2.45) is 0 Å². The minimum absolute atomic E-state index is 0.145. The van der Waals surface area contributed by atoms with Crippen molar-refractivity contribution in [1.82, 2.24) is 15.3 Å². The lowest BCUT2D eigenvalue weighted by molar-refractivity contribution is -0.142. The van der Waals surface area contributed by atoms with Crippen LogP contribution in [0.2, 0.25) is 10.0 Å².